The molecule has 2 unspecified atom stereocenters. The van der Waals surface area contributed by atoms with E-state index in [1.807, 2.05) is 49.9 Å². The van der Waals surface area contributed by atoms with Crippen molar-refractivity contribution < 1.29 is 9.21 Å². The molecule has 0 spiro atoms. The standard InChI is InChI=1S/C17H22N2O2S/c1-10-8-22-9-14(10)19-17(20)18-12(3)16-11(2)13-6-4-5-7-15(13)21-16/h4-7,10,12,14H,8-9H2,1-3H3,(H2,18,19,20)/t10?,12-,14?/m0/s1. The summed E-state index contributed by atoms with van der Waals surface area (Å²) >= 11 is 1.89. The summed E-state index contributed by atoms with van der Waals surface area (Å²) in [5.41, 5.74) is 1.96. The fourth-order valence-corrected chi connectivity index (χ4v) is 4.33. The number of nitrogens with one attached hydrogen (secondary N) is 2. The molecule has 118 valence electrons. The van der Waals surface area contributed by atoms with Crippen LogP contribution in [0.15, 0.2) is 28.7 Å². The van der Waals surface area contributed by atoms with Crippen LogP contribution >= 0.6 is 11.8 Å². The number of fused-ring (bicyclic) bond motifs is 1. The maximum absolute atomic E-state index is 12.2. The van der Waals surface area contributed by atoms with Crippen LogP contribution in [-0.2, 0) is 0 Å². The fraction of sp³-hybridized carbons (Fsp3) is 0.471. The Bertz CT molecular complexity index is 682. The van der Waals surface area contributed by atoms with E-state index in [1.54, 1.807) is 0 Å². The minimum absolute atomic E-state index is 0.119. The topological polar surface area (TPSA) is 54.3 Å². The average molecular weight is 318 g/mol. The number of hydrogen-bond acceptors (Lipinski definition) is 3. The highest BCUT2D eigenvalue weighted by atomic mass is 32.2. The minimum atomic E-state index is -0.156. The molecule has 2 N–H and O–H groups in total. The number of hydrogen-bond donors (Lipinski definition) is 2. The Labute approximate surface area is 135 Å². The lowest BCUT2D eigenvalue weighted by atomic mass is 10.1. The maximum Gasteiger partial charge on any atom is 0.315 e. The van der Waals surface area contributed by atoms with Crippen LogP contribution in [0.5, 0.6) is 0 Å². The quantitative estimate of drug-likeness (QED) is 0.903. The summed E-state index contributed by atoms with van der Waals surface area (Å²) in [6, 6.07) is 7.94. The van der Waals surface area contributed by atoms with Crippen molar-refractivity contribution in [3.8, 4) is 0 Å². The Morgan fingerprint density at radius 1 is 1.36 bits per heavy atom. The molecule has 22 heavy (non-hydrogen) atoms. The number of benzene rings is 1. The number of urea groups is 1. The first-order chi connectivity index (χ1) is 10.6. The van der Waals surface area contributed by atoms with Crippen molar-refractivity contribution in [1.29, 1.82) is 0 Å². The van der Waals surface area contributed by atoms with E-state index in [0.29, 0.717) is 5.92 Å². The smallest absolute Gasteiger partial charge is 0.315 e. The Morgan fingerprint density at radius 2 is 2.14 bits per heavy atom. The van der Waals surface area contributed by atoms with E-state index in [4.69, 9.17) is 4.42 Å². The number of furan rings is 1. The lowest BCUT2D eigenvalue weighted by Gasteiger charge is -2.19. The zero-order chi connectivity index (χ0) is 15.7. The molecular formula is C17H22N2O2S. The molecular weight excluding hydrogens is 296 g/mol. The van der Waals surface area contributed by atoms with Crippen LogP contribution in [-0.4, -0.2) is 23.6 Å². The molecule has 0 saturated carbocycles. The molecule has 0 aliphatic carbocycles. The molecule has 2 heterocycles. The van der Waals surface area contributed by atoms with Crippen molar-refractivity contribution in [3.63, 3.8) is 0 Å². The number of amides is 2. The third kappa shape index (κ3) is 2.95. The van der Waals surface area contributed by atoms with Gasteiger partial charge in [-0.25, -0.2) is 4.79 Å². The van der Waals surface area contributed by atoms with Gasteiger partial charge in [0.1, 0.15) is 11.3 Å². The molecule has 1 aliphatic rings. The second-order valence-electron chi connectivity index (χ2n) is 6.05. The summed E-state index contributed by atoms with van der Waals surface area (Å²) in [7, 11) is 0. The molecule has 2 amide bonds. The summed E-state index contributed by atoms with van der Waals surface area (Å²) in [4.78, 5) is 12.2. The van der Waals surface area contributed by atoms with Crippen molar-refractivity contribution in [1.82, 2.24) is 10.6 Å². The van der Waals surface area contributed by atoms with Gasteiger partial charge < -0.3 is 15.1 Å². The van der Waals surface area contributed by atoms with Gasteiger partial charge in [0.05, 0.1) is 6.04 Å². The zero-order valence-corrected chi connectivity index (χ0v) is 14.0. The molecule has 2 aromatic rings. The molecule has 4 nitrogen and oxygen atoms in total. The average Bonchev–Trinajstić information content (AvgIpc) is 3.04. The molecule has 5 heteroatoms. The third-order valence-corrected chi connectivity index (χ3v) is 5.66. The van der Waals surface area contributed by atoms with E-state index in [1.165, 1.54) is 0 Å². The highest BCUT2D eigenvalue weighted by molar-refractivity contribution is 7.99. The Kier molecular flexibility index (Phi) is 4.34. The Hall–Kier alpha value is -1.62. The van der Waals surface area contributed by atoms with Crippen LogP contribution in [0.3, 0.4) is 0 Å². The summed E-state index contributed by atoms with van der Waals surface area (Å²) in [6.45, 7) is 6.17. The highest BCUT2D eigenvalue weighted by Gasteiger charge is 2.26. The van der Waals surface area contributed by atoms with Crippen LogP contribution in [0, 0.1) is 12.8 Å². The summed E-state index contributed by atoms with van der Waals surface area (Å²) < 4.78 is 5.91. The molecule has 1 saturated heterocycles. The third-order valence-electron chi connectivity index (χ3n) is 4.30. The van der Waals surface area contributed by atoms with Gasteiger partial charge in [-0.1, -0.05) is 25.1 Å². The molecule has 3 atom stereocenters. The van der Waals surface area contributed by atoms with Gasteiger partial charge in [0, 0.05) is 22.7 Å². The summed E-state index contributed by atoms with van der Waals surface area (Å²) in [5, 5.41) is 7.17. The largest absolute Gasteiger partial charge is 0.459 e. The van der Waals surface area contributed by atoms with Crippen molar-refractivity contribution in [2.24, 2.45) is 5.92 Å². The van der Waals surface area contributed by atoms with E-state index in [0.717, 1.165) is 33.8 Å². The van der Waals surface area contributed by atoms with Crippen molar-refractivity contribution >= 4 is 28.8 Å². The van der Waals surface area contributed by atoms with Crippen molar-refractivity contribution in [3.05, 3.63) is 35.6 Å². The van der Waals surface area contributed by atoms with Gasteiger partial charge in [-0.05, 0) is 31.6 Å². The van der Waals surface area contributed by atoms with Crippen LogP contribution in [0.2, 0.25) is 0 Å². The van der Waals surface area contributed by atoms with E-state index in [-0.39, 0.29) is 18.1 Å². The Morgan fingerprint density at radius 3 is 2.82 bits per heavy atom. The number of aryl methyl sites for hydroxylation is 1. The maximum atomic E-state index is 12.2. The fourth-order valence-electron chi connectivity index (χ4n) is 2.92. The normalized spacial score (nSPS) is 22.7. The number of rotatable bonds is 3. The lowest BCUT2D eigenvalue weighted by Crippen LogP contribution is -2.45. The Balaban J connectivity index is 1.69. The second-order valence-corrected chi connectivity index (χ2v) is 7.12. The summed E-state index contributed by atoms with van der Waals surface area (Å²) in [5.74, 6) is 3.46. The first-order valence-electron chi connectivity index (χ1n) is 7.69. The number of para-hydroxylation sites is 1. The van der Waals surface area contributed by atoms with Crippen LogP contribution in [0.1, 0.15) is 31.2 Å². The van der Waals surface area contributed by atoms with Gasteiger partial charge in [0.15, 0.2) is 0 Å². The summed E-state index contributed by atoms with van der Waals surface area (Å²) in [6.07, 6.45) is 0. The van der Waals surface area contributed by atoms with Gasteiger partial charge in [0.2, 0.25) is 0 Å². The van der Waals surface area contributed by atoms with Gasteiger partial charge in [-0.15, -0.1) is 0 Å². The number of thioether (sulfide) groups is 1. The minimum Gasteiger partial charge on any atom is -0.459 e. The molecule has 0 bridgehead atoms. The zero-order valence-electron chi connectivity index (χ0n) is 13.2. The molecule has 1 fully saturated rings. The van der Waals surface area contributed by atoms with Crippen molar-refractivity contribution in [2.45, 2.75) is 32.9 Å². The van der Waals surface area contributed by atoms with Gasteiger partial charge in [-0.2, -0.15) is 11.8 Å². The first kappa shape index (κ1) is 15.3. The van der Waals surface area contributed by atoms with E-state index < -0.39 is 0 Å². The molecule has 1 aliphatic heterocycles. The van der Waals surface area contributed by atoms with Gasteiger partial charge in [0.25, 0.3) is 0 Å². The van der Waals surface area contributed by atoms with E-state index in [2.05, 4.69) is 17.6 Å². The van der Waals surface area contributed by atoms with Crippen molar-refractivity contribution in [2.75, 3.05) is 11.5 Å². The van der Waals surface area contributed by atoms with E-state index >= 15 is 0 Å². The highest BCUT2D eigenvalue weighted by Crippen LogP contribution is 2.29. The number of carbonyl (C=O) groups is 1. The van der Waals surface area contributed by atoms with E-state index in [9.17, 15) is 4.79 Å². The lowest BCUT2D eigenvalue weighted by molar-refractivity contribution is 0.231. The molecule has 0 radical (unpaired) electrons. The monoisotopic (exact) mass is 318 g/mol. The van der Waals surface area contributed by atoms with Gasteiger partial charge >= 0.3 is 6.03 Å². The predicted molar refractivity (Wildman–Crippen MR) is 91.3 cm³/mol. The molecule has 1 aromatic carbocycles. The molecule has 1 aromatic heterocycles. The first-order valence-corrected chi connectivity index (χ1v) is 8.84. The van der Waals surface area contributed by atoms with Gasteiger partial charge in [-0.3, -0.25) is 0 Å². The van der Waals surface area contributed by atoms with Crippen LogP contribution in [0.4, 0.5) is 4.79 Å². The van der Waals surface area contributed by atoms with Crippen LogP contribution in [0.25, 0.3) is 11.0 Å². The SMILES string of the molecule is Cc1c([C@H](C)NC(=O)NC2CSCC2C)oc2ccccc12. The predicted octanol–water partition coefficient (Wildman–Crippen LogP) is 3.85. The van der Waals surface area contributed by atoms with Crippen LogP contribution < -0.4 is 10.6 Å². The second kappa shape index (κ2) is 6.24. The number of carbonyl (C=O) groups excluding carboxylic acids is 1. The molecule has 3 rings (SSSR count).